The first kappa shape index (κ1) is 14.7. The van der Waals surface area contributed by atoms with E-state index in [0.717, 1.165) is 0 Å². The number of benzene rings is 2. The maximum Gasteiger partial charge on any atom is 0.272 e. The van der Waals surface area contributed by atoms with Crippen molar-refractivity contribution in [2.75, 3.05) is 7.11 Å². The number of carbonyl (C=O) groups excluding carboxylic acids is 1. The molecule has 2 aromatic rings. The highest BCUT2D eigenvalue weighted by molar-refractivity contribution is 6.09. The normalized spacial score (nSPS) is 10.2. The van der Waals surface area contributed by atoms with E-state index in [4.69, 9.17) is 4.74 Å². The molecule has 2 aromatic carbocycles. The van der Waals surface area contributed by atoms with Crippen molar-refractivity contribution >= 4 is 11.5 Å². The molecule has 0 N–H and O–H groups in total. The number of ketones is 1. The Morgan fingerprint density at radius 2 is 1.90 bits per heavy atom. The van der Waals surface area contributed by atoms with Crippen molar-refractivity contribution in [2.24, 2.45) is 0 Å². The zero-order valence-electron chi connectivity index (χ0n) is 11.8. The molecule has 0 aliphatic heterocycles. The molecule has 0 heterocycles. The Hall–Kier alpha value is -2.69. The smallest absolute Gasteiger partial charge is 0.272 e. The monoisotopic (exact) mass is 285 g/mol. The van der Waals surface area contributed by atoms with Crippen molar-refractivity contribution < 1.29 is 14.5 Å². The number of aryl methyl sites for hydroxylation is 1. The molecule has 0 unspecified atom stereocenters. The first-order chi connectivity index (χ1) is 10.1. The molecule has 108 valence electrons. The van der Waals surface area contributed by atoms with E-state index in [1.807, 2.05) is 6.92 Å². The van der Waals surface area contributed by atoms with E-state index in [9.17, 15) is 14.9 Å². The first-order valence-corrected chi connectivity index (χ1v) is 6.53. The fraction of sp³-hybridized carbons (Fsp3) is 0.188. The van der Waals surface area contributed by atoms with Gasteiger partial charge in [-0.3, -0.25) is 14.9 Å². The summed E-state index contributed by atoms with van der Waals surface area (Å²) in [6.07, 6.45) is 0.496. The summed E-state index contributed by atoms with van der Waals surface area (Å²) in [7, 11) is 1.53. The SMILES string of the molecule is CCc1cc(C(=O)c2cccc(OC)c2)ccc1[N+](=O)[O-]. The van der Waals surface area contributed by atoms with Gasteiger partial charge in [0.15, 0.2) is 5.78 Å². The molecule has 0 spiro atoms. The van der Waals surface area contributed by atoms with Crippen LogP contribution in [0.1, 0.15) is 28.4 Å². The van der Waals surface area contributed by atoms with Gasteiger partial charge in [-0.05, 0) is 30.7 Å². The van der Waals surface area contributed by atoms with E-state index < -0.39 is 4.92 Å². The Morgan fingerprint density at radius 3 is 2.52 bits per heavy atom. The fourth-order valence-corrected chi connectivity index (χ4v) is 2.12. The number of hydrogen-bond donors (Lipinski definition) is 0. The highest BCUT2D eigenvalue weighted by Crippen LogP contribution is 2.23. The van der Waals surface area contributed by atoms with Crippen molar-refractivity contribution in [3.05, 3.63) is 69.3 Å². The van der Waals surface area contributed by atoms with Crippen LogP contribution in [0.2, 0.25) is 0 Å². The molecule has 0 fully saturated rings. The van der Waals surface area contributed by atoms with E-state index in [-0.39, 0.29) is 11.5 Å². The lowest BCUT2D eigenvalue weighted by Gasteiger charge is -2.06. The molecule has 0 amide bonds. The van der Waals surface area contributed by atoms with Crippen LogP contribution in [0, 0.1) is 10.1 Å². The maximum absolute atomic E-state index is 12.4. The Bertz CT molecular complexity index is 694. The largest absolute Gasteiger partial charge is 0.497 e. The zero-order valence-corrected chi connectivity index (χ0v) is 11.8. The average molecular weight is 285 g/mol. The maximum atomic E-state index is 12.4. The van der Waals surface area contributed by atoms with Gasteiger partial charge in [-0.2, -0.15) is 0 Å². The minimum atomic E-state index is -0.432. The fourth-order valence-electron chi connectivity index (χ4n) is 2.12. The summed E-state index contributed by atoms with van der Waals surface area (Å²) in [5.41, 5.74) is 1.52. The van der Waals surface area contributed by atoms with Gasteiger partial charge in [0.1, 0.15) is 5.75 Å². The molecule has 0 aromatic heterocycles. The molecule has 5 nitrogen and oxygen atoms in total. The Kier molecular flexibility index (Phi) is 4.33. The molecule has 2 rings (SSSR count). The summed E-state index contributed by atoms with van der Waals surface area (Å²) in [6.45, 7) is 1.82. The molecule has 0 aliphatic carbocycles. The van der Waals surface area contributed by atoms with E-state index in [2.05, 4.69) is 0 Å². The van der Waals surface area contributed by atoms with Crippen LogP contribution < -0.4 is 4.74 Å². The van der Waals surface area contributed by atoms with Crippen LogP contribution in [0.4, 0.5) is 5.69 Å². The van der Waals surface area contributed by atoms with Gasteiger partial charge in [0, 0.05) is 22.8 Å². The molecular formula is C16H15NO4. The predicted octanol–water partition coefficient (Wildman–Crippen LogP) is 3.40. The molecule has 21 heavy (non-hydrogen) atoms. The van der Waals surface area contributed by atoms with Gasteiger partial charge in [0.2, 0.25) is 0 Å². The van der Waals surface area contributed by atoms with Gasteiger partial charge >= 0.3 is 0 Å². The summed E-state index contributed by atoms with van der Waals surface area (Å²) in [6, 6.07) is 11.3. The third kappa shape index (κ3) is 3.08. The second-order valence-electron chi connectivity index (χ2n) is 4.52. The molecule has 0 radical (unpaired) electrons. The highest BCUT2D eigenvalue weighted by atomic mass is 16.6. The van der Waals surface area contributed by atoms with Crippen molar-refractivity contribution in [1.29, 1.82) is 0 Å². The topological polar surface area (TPSA) is 69.4 Å². The van der Waals surface area contributed by atoms with E-state index in [1.54, 1.807) is 30.3 Å². The van der Waals surface area contributed by atoms with E-state index in [1.165, 1.54) is 19.2 Å². The van der Waals surface area contributed by atoms with Crippen LogP contribution in [0.5, 0.6) is 5.75 Å². The van der Waals surface area contributed by atoms with Crippen LogP contribution in [-0.4, -0.2) is 17.8 Å². The average Bonchev–Trinajstić information content (AvgIpc) is 2.53. The molecule has 0 saturated carbocycles. The third-order valence-corrected chi connectivity index (χ3v) is 3.25. The van der Waals surface area contributed by atoms with Crippen LogP contribution in [0.25, 0.3) is 0 Å². The second kappa shape index (κ2) is 6.17. The lowest BCUT2D eigenvalue weighted by atomic mass is 9.99. The van der Waals surface area contributed by atoms with E-state index >= 15 is 0 Å². The van der Waals surface area contributed by atoms with Crippen LogP contribution in [-0.2, 0) is 6.42 Å². The van der Waals surface area contributed by atoms with E-state index in [0.29, 0.717) is 28.9 Å². The van der Waals surface area contributed by atoms with Crippen LogP contribution in [0.3, 0.4) is 0 Å². The van der Waals surface area contributed by atoms with Crippen molar-refractivity contribution in [3.63, 3.8) is 0 Å². The molecule has 5 heteroatoms. The highest BCUT2D eigenvalue weighted by Gasteiger charge is 2.16. The number of nitro benzene ring substituents is 1. The van der Waals surface area contributed by atoms with Gasteiger partial charge < -0.3 is 4.74 Å². The zero-order chi connectivity index (χ0) is 15.4. The third-order valence-electron chi connectivity index (χ3n) is 3.25. The molecule has 0 aliphatic rings. The number of nitrogens with zero attached hydrogens (tertiary/aromatic N) is 1. The minimum Gasteiger partial charge on any atom is -0.497 e. The number of ether oxygens (including phenoxy) is 1. The number of rotatable bonds is 5. The van der Waals surface area contributed by atoms with Crippen LogP contribution in [0.15, 0.2) is 42.5 Å². The Morgan fingerprint density at radius 1 is 1.19 bits per heavy atom. The lowest BCUT2D eigenvalue weighted by molar-refractivity contribution is -0.385. The minimum absolute atomic E-state index is 0.0414. The number of carbonyl (C=O) groups is 1. The van der Waals surface area contributed by atoms with Crippen molar-refractivity contribution in [3.8, 4) is 5.75 Å². The quantitative estimate of drug-likeness (QED) is 0.479. The Labute approximate surface area is 122 Å². The van der Waals surface area contributed by atoms with Gasteiger partial charge in [-0.25, -0.2) is 0 Å². The molecular weight excluding hydrogens is 270 g/mol. The summed E-state index contributed by atoms with van der Waals surface area (Å²) >= 11 is 0. The number of nitro groups is 1. The van der Waals surface area contributed by atoms with Crippen LogP contribution >= 0.6 is 0 Å². The standard InChI is InChI=1S/C16H15NO4/c1-3-11-9-13(7-8-15(11)17(19)20)16(18)12-5-4-6-14(10-12)21-2/h4-10H,3H2,1-2H3. The predicted molar refractivity (Wildman–Crippen MR) is 78.9 cm³/mol. The molecule has 0 atom stereocenters. The Balaban J connectivity index is 2.41. The van der Waals surface area contributed by atoms with Gasteiger partial charge in [-0.1, -0.05) is 19.1 Å². The summed E-state index contributed by atoms with van der Waals surface area (Å²) in [5, 5.41) is 10.9. The van der Waals surface area contributed by atoms with Gasteiger partial charge in [0.25, 0.3) is 5.69 Å². The summed E-state index contributed by atoms with van der Waals surface area (Å²) < 4.78 is 5.09. The molecule has 0 saturated heterocycles. The van der Waals surface area contributed by atoms with Crippen molar-refractivity contribution in [1.82, 2.24) is 0 Å². The summed E-state index contributed by atoms with van der Waals surface area (Å²) in [5.74, 6) is 0.414. The lowest BCUT2D eigenvalue weighted by Crippen LogP contribution is -2.04. The van der Waals surface area contributed by atoms with Gasteiger partial charge in [-0.15, -0.1) is 0 Å². The van der Waals surface area contributed by atoms with Crippen molar-refractivity contribution in [2.45, 2.75) is 13.3 Å². The number of methoxy groups -OCH3 is 1. The first-order valence-electron chi connectivity index (χ1n) is 6.53. The molecule has 0 bridgehead atoms. The summed E-state index contributed by atoms with van der Waals surface area (Å²) in [4.78, 5) is 22.9. The second-order valence-corrected chi connectivity index (χ2v) is 4.52. The number of hydrogen-bond acceptors (Lipinski definition) is 4. The van der Waals surface area contributed by atoms with Gasteiger partial charge in [0.05, 0.1) is 12.0 Å².